The Morgan fingerprint density at radius 1 is 1.39 bits per heavy atom. The summed E-state index contributed by atoms with van der Waals surface area (Å²) in [5, 5.41) is 0. The second kappa shape index (κ2) is 5.76. The van der Waals surface area contributed by atoms with Crippen molar-refractivity contribution in [3.8, 4) is 0 Å². The minimum atomic E-state index is 0.188. The SMILES string of the molecule is C/C=C(\C=C/CC)c1ccc2c(n1)C(=O)CCC2. The maximum absolute atomic E-state index is 11.9. The fraction of sp³-hybridized carbons (Fsp3) is 0.375. The average molecular weight is 241 g/mol. The Morgan fingerprint density at radius 3 is 2.94 bits per heavy atom. The molecular formula is C16H19NO. The first-order valence-corrected chi connectivity index (χ1v) is 6.62. The highest BCUT2D eigenvalue weighted by Gasteiger charge is 2.19. The van der Waals surface area contributed by atoms with Crippen LogP contribution in [0.5, 0.6) is 0 Å². The number of hydrogen-bond donors (Lipinski definition) is 0. The van der Waals surface area contributed by atoms with Gasteiger partial charge >= 0.3 is 0 Å². The van der Waals surface area contributed by atoms with Gasteiger partial charge in [0.15, 0.2) is 5.78 Å². The van der Waals surface area contributed by atoms with Gasteiger partial charge in [0.1, 0.15) is 5.69 Å². The largest absolute Gasteiger partial charge is 0.292 e. The molecule has 0 saturated carbocycles. The van der Waals surface area contributed by atoms with Crippen LogP contribution in [0.25, 0.3) is 5.57 Å². The fourth-order valence-electron chi connectivity index (χ4n) is 2.22. The van der Waals surface area contributed by atoms with Crippen molar-refractivity contribution in [3.63, 3.8) is 0 Å². The second-order valence-electron chi connectivity index (χ2n) is 4.54. The van der Waals surface area contributed by atoms with Crippen LogP contribution >= 0.6 is 0 Å². The standard InChI is InChI=1S/C16H19NO/c1-3-5-7-12(4-2)14-11-10-13-8-6-9-15(18)16(13)17-14/h4-5,7,10-11H,3,6,8-9H2,1-2H3/b7-5-,12-4+. The third kappa shape index (κ3) is 2.58. The summed E-state index contributed by atoms with van der Waals surface area (Å²) in [4.78, 5) is 16.4. The van der Waals surface area contributed by atoms with E-state index >= 15 is 0 Å². The van der Waals surface area contributed by atoms with E-state index in [2.05, 4.69) is 30.1 Å². The lowest BCUT2D eigenvalue weighted by atomic mass is 9.94. The first kappa shape index (κ1) is 12.7. The number of carbonyl (C=O) groups excluding carboxylic acids is 1. The van der Waals surface area contributed by atoms with E-state index in [0.717, 1.165) is 36.1 Å². The lowest BCUT2D eigenvalue weighted by Gasteiger charge is -2.14. The number of hydrogen-bond acceptors (Lipinski definition) is 2. The lowest BCUT2D eigenvalue weighted by molar-refractivity contribution is 0.0967. The highest BCUT2D eigenvalue weighted by atomic mass is 16.1. The molecule has 0 aliphatic heterocycles. The summed E-state index contributed by atoms with van der Waals surface area (Å²) < 4.78 is 0. The van der Waals surface area contributed by atoms with Gasteiger partial charge in [-0.1, -0.05) is 31.2 Å². The molecular weight excluding hydrogens is 222 g/mol. The number of Topliss-reactive ketones (excluding diaryl/α,β-unsaturated/α-hetero) is 1. The van der Waals surface area contributed by atoms with Gasteiger partial charge in [-0.05, 0) is 43.4 Å². The van der Waals surface area contributed by atoms with Crippen LogP contribution in [0.4, 0.5) is 0 Å². The number of carbonyl (C=O) groups is 1. The molecule has 0 spiro atoms. The maximum atomic E-state index is 11.9. The average Bonchev–Trinajstić information content (AvgIpc) is 2.40. The number of aryl methyl sites for hydroxylation is 1. The van der Waals surface area contributed by atoms with E-state index in [0.29, 0.717) is 12.1 Å². The second-order valence-corrected chi connectivity index (χ2v) is 4.54. The molecule has 0 bridgehead atoms. The van der Waals surface area contributed by atoms with Gasteiger partial charge in [0, 0.05) is 6.42 Å². The highest BCUT2D eigenvalue weighted by Crippen LogP contribution is 2.22. The Balaban J connectivity index is 2.38. The van der Waals surface area contributed by atoms with E-state index in [-0.39, 0.29) is 5.78 Å². The van der Waals surface area contributed by atoms with Crippen molar-refractivity contribution >= 4 is 11.4 Å². The molecule has 1 aromatic rings. The number of fused-ring (bicyclic) bond motifs is 1. The highest BCUT2D eigenvalue weighted by molar-refractivity contribution is 5.97. The predicted molar refractivity (Wildman–Crippen MR) is 74.6 cm³/mol. The molecule has 0 N–H and O–H groups in total. The van der Waals surface area contributed by atoms with Crippen molar-refractivity contribution in [1.29, 1.82) is 0 Å². The zero-order chi connectivity index (χ0) is 13.0. The number of allylic oxidation sites excluding steroid dienone is 4. The Morgan fingerprint density at radius 2 is 2.22 bits per heavy atom. The van der Waals surface area contributed by atoms with Crippen LogP contribution in [-0.2, 0) is 6.42 Å². The van der Waals surface area contributed by atoms with Gasteiger partial charge in [0.2, 0.25) is 0 Å². The van der Waals surface area contributed by atoms with Gasteiger partial charge in [0.25, 0.3) is 0 Å². The molecule has 2 heteroatoms. The van der Waals surface area contributed by atoms with Crippen molar-refractivity contribution < 1.29 is 4.79 Å². The van der Waals surface area contributed by atoms with Crippen LogP contribution in [0.3, 0.4) is 0 Å². The third-order valence-electron chi connectivity index (χ3n) is 3.23. The summed E-state index contributed by atoms with van der Waals surface area (Å²) in [6, 6.07) is 4.07. The summed E-state index contributed by atoms with van der Waals surface area (Å²) in [6.07, 6.45) is 9.79. The fourth-order valence-corrected chi connectivity index (χ4v) is 2.22. The van der Waals surface area contributed by atoms with Crippen LogP contribution in [0, 0.1) is 0 Å². The molecule has 2 rings (SSSR count). The lowest BCUT2D eigenvalue weighted by Crippen LogP contribution is -2.13. The Kier molecular flexibility index (Phi) is 4.08. The number of rotatable bonds is 3. The minimum Gasteiger partial charge on any atom is -0.292 e. The number of aromatic nitrogens is 1. The van der Waals surface area contributed by atoms with Crippen molar-refractivity contribution in [1.82, 2.24) is 4.98 Å². The first-order valence-electron chi connectivity index (χ1n) is 6.62. The predicted octanol–water partition coefficient (Wildman–Crippen LogP) is 3.97. The van der Waals surface area contributed by atoms with Gasteiger partial charge in [0.05, 0.1) is 5.69 Å². The molecule has 0 fully saturated rings. The van der Waals surface area contributed by atoms with E-state index in [1.165, 1.54) is 0 Å². The topological polar surface area (TPSA) is 30.0 Å². The summed E-state index contributed by atoms with van der Waals surface area (Å²) in [6.45, 7) is 4.10. The molecule has 1 heterocycles. The van der Waals surface area contributed by atoms with Crippen LogP contribution in [0.15, 0.2) is 30.4 Å². The van der Waals surface area contributed by atoms with Gasteiger partial charge in [-0.15, -0.1) is 0 Å². The molecule has 94 valence electrons. The number of nitrogens with zero attached hydrogens (tertiary/aromatic N) is 1. The summed E-state index contributed by atoms with van der Waals surface area (Å²) >= 11 is 0. The van der Waals surface area contributed by atoms with Crippen LogP contribution in [0.2, 0.25) is 0 Å². The Bertz CT molecular complexity index is 512. The molecule has 0 saturated heterocycles. The molecule has 18 heavy (non-hydrogen) atoms. The first-order chi connectivity index (χ1) is 8.76. The molecule has 2 nitrogen and oxygen atoms in total. The van der Waals surface area contributed by atoms with E-state index in [1.807, 2.05) is 19.1 Å². The van der Waals surface area contributed by atoms with Gasteiger partial charge in [-0.3, -0.25) is 4.79 Å². The zero-order valence-electron chi connectivity index (χ0n) is 11.1. The van der Waals surface area contributed by atoms with E-state index in [9.17, 15) is 4.79 Å². The molecule has 0 atom stereocenters. The van der Waals surface area contributed by atoms with Crippen molar-refractivity contribution in [3.05, 3.63) is 47.3 Å². The number of ketones is 1. The molecule has 0 aromatic carbocycles. The molecule has 0 radical (unpaired) electrons. The van der Waals surface area contributed by atoms with Gasteiger partial charge < -0.3 is 0 Å². The van der Waals surface area contributed by atoms with Crippen molar-refractivity contribution in [2.24, 2.45) is 0 Å². The minimum absolute atomic E-state index is 0.188. The number of pyridine rings is 1. The maximum Gasteiger partial charge on any atom is 0.181 e. The molecule has 1 aromatic heterocycles. The van der Waals surface area contributed by atoms with E-state index < -0.39 is 0 Å². The van der Waals surface area contributed by atoms with Gasteiger partial charge in [-0.2, -0.15) is 0 Å². The quantitative estimate of drug-likeness (QED) is 0.749. The molecule has 0 amide bonds. The van der Waals surface area contributed by atoms with Crippen molar-refractivity contribution in [2.75, 3.05) is 0 Å². The van der Waals surface area contributed by atoms with E-state index in [4.69, 9.17) is 0 Å². The third-order valence-corrected chi connectivity index (χ3v) is 3.23. The zero-order valence-corrected chi connectivity index (χ0v) is 11.1. The van der Waals surface area contributed by atoms with Crippen LogP contribution in [-0.4, -0.2) is 10.8 Å². The van der Waals surface area contributed by atoms with Crippen LogP contribution < -0.4 is 0 Å². The van der Waals surface area contributed by atoms with Gasteiger partial charge in [-0.25, -0.2) is 4.98 Å². The smallest absolute Gasteiger partial charge is 0.181 e. The monoisotopic (exact) mass is 241 g/mol. The molecule has 1 aliphatic rings. The normalized spacial score (nSPS) is 16.1. The van der Waals surface area contributed by atoms with Crippen molar-refractivity contribution in [2.45, 2.75) is 39.5 Å². The summed E-state index contributed by atoms with van der Waals surface area (Å²) in [5.41, 5.74) is 3.77. The summed E-state index contributed by atoms with van der Waals surface area (Å²) in [5.74, 6) is 0.188. The van der Waals surface area contributed by atoms with Crippen LogP contribution in [0.1, 0.15) is 54.9 Å². The summed E-state index contributed by atoms with van der Waals surface area (Å²) in [7, 11) is 0. The Hall–Kier alpha value is -1.70. The molecule has 0 unspecified atom stereocenters. The Labute approximate surface area is 108 Å². The van der Waals surface area contributed by atoms with E-state index in [1.54, 1.807) is 0 Å². The molecule has 1 aliphatic carbocycles.